The van der Waals surface area contributed by atoms with Gasteiger partial charge in [-0.05, 0) is 12.1 Å². The van der Waals surface area contributed by atoms with Crippen molar-refractivity contribution in [2.24, 2.45) is 4.99 Å². The van der Waals surface area contributed by atoms with E-state index in [2.05, 4.69) is 15.6 Å². The van der Waals surface area contributed by atoms with Crippen molar-refractivity contribution >= 4 is 29.9 Å². The van der Waals surface area contributed by atoms with Crippen molar-refractivity contribution in [1.29, 1.82) is 0 Å². The van der Waals surface area contributed by atoms with Gasteiger partial charge in [-0.15, -0.1) is 24.0 Å². The first-order valence-corrected chi connectivity index (χ1v) is 8.54. The molecule has 0 heterocycles. The van der Waals surface area contributed by atoms with Gasteiger partial charge in [0.15, 0.2) is 5.96 Å². The number of guanidine groups is 1. The molecular formula is C20H28IN3O3. The average Bonchev–Trinajstić information content (AvgIpc) is 2.70. The van der Waals surface area contributed by atoms with Crippen LogP contribution >= 0.6 is 24.0 Å². The average molecular weight is 485 g/mol. The molecule has 6 nitrogen and oxygen atoms in total. The predicted octanol–water partition coefficient (Wildman–Crippen LogP) is 3.20. The molecule has 0 aliphatic heterocycles. The van der Waals surface area contributed by atoms with E-state index in [0.717, 1.165) is 28.6 Å². The minimum absolute atomic E-state index is 0. The number of ether oxygens (including phenoxy) is 3. The standard InChI is InChI=1S/C20H27N3O3.HI/c1-21-20(23-14-16-8-4-6-10-18(16)24-2)22-12-13-26-15-17-9-5-7-11-19(17)25-3;/h4-11H,12-15H2,1-3H3,(H2,21,22,23);1H. The zero-order valence-corrected chi connectivity index (χ0v) is 18.4. The summed E-state index contributed by atoms with van der Waals surface area (Å²) in [5, 5.41) is 6.50. The molecule has 2 aromatic rings. The number of benzene rings is 2. The molecule has 0 atom stereocenters. The fourth-order valence-corrected chi connectivity index (χ4v) is 2.49. The van der Waals surface area contributed by atoms with Gasteiger partial charge in [0.25, 0.3) is 0 Å². The van der Waals surface area contributed by atoms with Crippen LogP contribution in [0.5, 0.6) is 11.5 Å². The third-order valence-electron chi connectivity index (χ3n) is 3.85. The second-order valence-electron chi connectivity index (χ2n) is 5.53. The van der Waals surface area contributed by atoms with Crippen LogP contribution in [-0.4, -0.2) is 40.4 Å². The van der Waals surface area contributed by atoms with E-state index in [0.29, 0.717) is 26.3 Å². The maximum atomic E-state index is 5.71. The summed E-state index contributed by atoms with van der Waals surface area (Å²) in [6, 6.07) is 15.8. The van der Waals surface area contributed by atoms with Crippen LogP contribution in [0.3, 0.4) is 0 Å². The summed E-state index contributed by atoms with van der Waals surface area (Å²) in [6.45, 7) is 2.36. The van der Waals surface area contributed by atoms with Crippen LogP contribution < -0.4 is 20.1 Å². The first kappa shape index (κ1) is 23.0. The topological polar surface area (TPSA) is 64.1 Å². The molecular weight excluding hydrogens is 457 g/mol. The summed E-state index contributed by atoms with van der Waals surface area (Å²) >= 11 is 0. The Morgan fingerprint density at radius 1 is 0.889 bits per heavy atom. The van der Waals surface area contributed by atoms with Gasteiger partial charge in [0.05, 0.1) is 27.4 Å². The van der Waals surface area contributed by atoms with Gasteiger partial charge in [-0.3, -0.25) is 4.99 Å². The molecule has 0 radical (unpaired) electrons. The van der Waals surface area contributed by atoms with Crippen LogP contribution in [0.2, 0.25) is 0 Å². The summed E-state index contributed by atoms with van der Waals surface area (Å²) in [5.74, 6) is 2.42. The number of aliphatic imine (C=N–C) groups is 1. The van der Waals surface area contributed by atoms with Gasteiger partial charge in [0.1, 0.15) is 11.5 Å². The molecule has 2 N–H and O–H groups in total. The second-order valence-corrected chi connectivity index (χ2v) is 5.53. The summed E-state index contributed by atoms with van der Waals surface area (Å²) in [5.41, 5.74) is 2.11. The third-order valence-corrected chi connectivity index (χ3v) is 3.85. The molecule has 7 heteroatoms. The Kier molecular flexibility index (Phi) is 11.3. The van der Waals surface area contributed by atoms with E-state index in [9.17, 15) is 0 Å². The monoisotopic (exact) mass is 485 g/mol. The summed E-state index contributed by atoms with van der Waals surface area (Å²) < 4.78 is 16.4. The van der Waals surface area contributed by atoms with E-state index in [-0.39, 0.29) is 24.0 Å². The molecule has 0 aliphatic rings. The van der Waals surface area contributed by atoms with Gasteiger partial charge in [-0.25, -0.2) is 0 Å². The first-order chi connectivity index (χ1) is 12.8. The number of para-hydroxylation sites is 2. The Hall–Kier alpha value is -2.00. The summed E-state index contributed by atoms with van der Waals surface area (Å²) in [6.07, 6.45) is 0. The number of nitrogens with one attached hydrogen (secondary N) is 2. The predicted molar refractivity (Wildman–Crippen MR) is 119 cm³/mol. The second kappa shape index (κ2) is 13.2. The molecule has 27 heavy (non-hydrogen) atoms. The normalized spacial score (nSPS) is 10.7. The van der Waals surface area contributed by atoms with Gasteiger partial charge < -0.3 is 24.8 Å². The summed E-state index contributed by atoms with van der Waals surface area (Å²) in [4.78, 5) is 4.22. The minimum Gasteiger partial charge on any atom is -0.496 e. The van der Waals surface area contributed by atoms with Gasteiger partial charge in [-0.1, -0.05) is 36.4 Å². The van der Waals surface area contributed by atoms with E-state index in [1.54, 1.807) is 21.3 Å². The smallest absolute Gasteiger partial charge is 0.191 e. The van der Waals surface area contributed by atoms with E-state index < -0.39 is 0 Å². The van der Waals surface area contributed by atoms with Crippen LogP contribution in [0, 0.1) is 0 Å². The Morgan fingerprint density at radius 2 is 1.48 bits per heavy atom. The maximum Gasteiger partial charge on any atom is 0.191 e. The number of hydrogen-bond donors (Lipinski definition) is 2. The fraction of sp³-hybridized carbons (Fsp3) is 0.350. The van der Waals surface area contributed by atoms with Crippen molar-refractivity contribution in [1.82, 2.24) is 10.6 Å². The molecule has 0 saturated heterocycles. The number of halogens is 1. The minimum atomic E-state index is 0. The molecule has 0 aromatic heterocycles. The molecule has 0 bridgehead atoms. The van der Waals surface area contributed by atoms with Crippen molar-refractivity contribution in [3.8, 4) is 11.5 Å². The van der Waals surface area contributed by atoms with E-state index in [4.69, 9.17) is 14.2 Å². The zero-order valence-electron chi connectivity index (χ0n) is 16.0. The first-order valence-electron chi connectivity index (χ1n) is 8.54. The quantitative estimate of drug-likeness (QED) is 0.247. The molecule has 0 spiro atoms. The number of hydrogen-bond acceptors (Lipinski definition) is 4. The molecule has 0 unspecified atom stereocenters. The van der Waals surface area contributed by atoms with Gasteiger partial charge in [0, 0.05) is 31.3 Å². The Bertz CT molecular complexity index is 710. The van der Waals surface area contributed by atoms with Crippen LogP contribution in [-0.2, 0) is 17.9 Å². The van der Waals surface area contributed by atoms with Crippen molar-refractivity contribution in [2.45, 2.75) is 13.2 Å². The van der Waals surface area contributed by atoms with Crippen molar-refractivity contribution in [2.75, 3.05) is 34.4 Å². The lowest BCUT2D eigenvalue weighted by Crippen LogP contribution is -2.38. The molecule has 0 saturated carbocycles. The Balaban J connectivity index is 0.00000364. The van der Waals surface area contributed by atoms with Gasteiger partial charge in [0.2, 0.25) is 0 Å². The van der Waals surface area contributed by atoms with Gasteiger partial charge in [-0.2, -0.15) is 0 Å². The van der Waals surface area contributed by atoms with Crippen molar-refractivity contribution < 1.29 is 14.2 Å². The lowest BCUT2D eigenvalue weighted by atomic mass is 10.2. The van der Waals surface area contributed by atoms with E-state index >= 15 is 0 Å². The van der Waals surface area contributed by atoms with E-state index in [1.807, 2.05) is 48.5 Å². The zero-order chi connectivity index (χ0) is 18.6. The van der Waals surface area contributed by atoms with Crippen LogP contribution in [0.4, 0.5) is 0 Å². The Morgan fingerprint density at radius 3 is 2.11 bits per heavy atom. The molecule has 148 valence electrons. The van der Waals surface area contributed by atoms with Crippen LogP contribution in [0.1, 0.15) is 11.1 Å². The largest absolute Gasteiger partial charge is 0.496 e. The molecule has 0 fully saturated rings. The van der Waals surface area contributed by atoms with Crippen molar-refractivity contribution in [3.05, 3.63) is 59.7 Å². The number of methoxy groups -OCH3 is 2. The van der Waals surface area contributed by atoms with Gasteiger partial charge >= 0.3 is 0 Å². The van der Waals surface area contributed by atoms with E-state index in [1.165, 1.54) is 0 Å². The highest BCUT2D eigenvalue weighted by Gasteiger charge is 2.04. The summed E-state index contributed by atoms with van der Waals surface area (Å²) in [7, 11) is 5.08. The highest BCUT2D eigenvalue weighted by Crippen LogP contribution is 2.18. The lowest BCUT2D eigenvalue weighted by Gasteiger charge is -2.14. The molecule has 0 amide bonds. The van der Waals surface area contributed by atoms with Crippen molar-refractivity contribution in [3.63, 3.8) is 0 Å². The maximum absolute atomic E-state index is 5.71. The van der Waals surface area contributed by atoms with Crippen LogP contribution in [0.25, 0.3) is 0 Å². The third kappa shape index (κ3) is 7.64. The highest BCUT2D eigenvalue weighted by atomic mass is 127. The number of nitrogens with zero attached hydrogens (tertiary/aromatic N) is 1. The lowest BCUT2D eigenvalue weighted by molar-refractivity contribution is 0.123. The highest BCUT2D eigenvalue weighted by molar-refractivity contribution is 14.0. The SMILES string of the molecule is CN=C(NCCOCc1ccccc1OC)NCc1ccccc1OC.I. The molecule has 0 aliphatic carbocycles. The fourth-order valence-electron chi connectivity index (χ4n) is 2.49. The number of rotatable bonds is 9. The Labute approximate surface area is 178 Å². The molecule has 2 aromatic carbocycles. The molecule has 2 rings (SSSR count). The van der Waals surface area contributed by atoms with Crippen LogP contribution in [0.15, 0.2) is 53.5 Å².